The molecule has 1 heterocycles. The van der Waals surface area contributed by atoms with Gasteiger partial charge in [0.25, 0.3) is 0 Å². The highest BCUT2D eigenvalue weighted by molar-refractivity contribution is 7.26. The molecule has 0 saturated carbocycles. The lowest BCUT2D eigenvalue weighted by Crippen LogP contribution is -2.28. The van der Waals surface area contributed by atoms with Gasteiger partial charge in [-0.25, -0.2) is 0 Å². The SMILES string of the molecule is c1ccc(C2(c3ccccc3)c3ccccc3-c3ccc(N(c4cc5ccccc5c5ccccc45)c4cccc5sc6ccccc6c45)cc32)cc1. The van der Waals surface area contributed by atoms with Gasteiger partial charge in [0.2, 0.25) is 0 Å². The summed E-state index contributed by atoms with van der Waals surface area (Å²) < 4.78 is 2.59. The first-order valence-corrected chi connectivity index (χ1v) is 19.1. The zero-order chi connectivity index (χ0) is 34.9. The van der Waals surface area contributed by atoms with Crippen LogP contribution in [-0.4, -0.2) is 0 Å². The number of hydrogen-bond donors (Lipinski definition) is 0. The fraction of sp³-hybridized carbons (Fsp3) is 0.0196. The van der Waals surface area contributed by atoms with E-state index in [0.717, 1.165) is 5.69 Å². The Kier molecular flexibility index (Phi) is 6.71. The smallest absolute Gasteiger partial charge is 0.0714 e. The van der Waals surface area contributed by atoms with Crippen molar-refractivity contribution in [2.24, 2.45) is 0 Å². The molecule has 2 heteroatoms. The average Bonchev–Trinajstić information content (AvgIpc) is 3.76. The first-order valence-electron chi connectivity index (χ1n) is 18.3. The molecule has 248 valence electrons. The molecule has 1 nitrogen and oxygen atoms in total. The van der Waals surface area contributed by atoms with Crippen molar-refractivity contribution >= 4 is 70.1 Å². The van der Waals surface area contributed by atoms with Crippen LogP contribution >= 0.6 is 11.3 Å². The van der Waals surface area contributed by atoms with Crippen LogP contribution in [0.1, 0.15) is 22.3 Å². The van der Waals surface area contributed by atoms with E-state index in [1.807, 2.05) is 11.3 Å². The summed E-state index contributed by atoms with van der Waals surface area (Å²) in [5.41, 5.74) is 10.7. The molecule has 0 fully saturated rings. The molecule has 9 aromatic carbocycles. The van der Waals surface area contributed by atoms with Crippen molar-refractivity contribution in [1.29, 1.82) is 0 Å². The highest BCUT2D eigenvalue weighted by Gasteiger charge is 2.46. The van der Waals surface area contributed by atoms with Crippen molar-refractivity contribution in [2.45, 2.75) is 5.41 Å². The van der Waals surface area contributed by atoms with Gasteiger partial charge in [0.15, 0.2) is 0 Å². The number of anilines is 3. The lowest BCUT2D eigenvalue weighted by molar-refractivity contribution is 0.768. The molecular weight excluding hydrogens is 659 g/mol. The number of hydrogen-bond acceptors (Lipinski definition) is 2. The lowest BCUT2D eigenvalue weighted by atomic mass is 9.67. The summed E-state index contributed by atoms with van der Waals surface area (Å²) in [6.45, 7) is 0. The van der Waals surface area contributed by atoms with E-state index in [-0.39, 0.29) is 0 Å². The number of benzene rings is 9. The summed E-state index contributed by atoms with van der Waals surface area (Å²) in [5.74, 6) is 0. The molecule has 0 amide bonds. The van der Waals surface area contributed by atoms with Gasteiger partial charge in [0, 0.05) is 31.2 Å². The fourth-order valence-corrected chi connectivity index (χ4v) is 10.3. The van der Waals surface area contributed by atoms with Crippen LogP contribution < -0.4 is 4.90 Å². The molecule has 11 rings (SSSR count). The van der Waals surface area contributed by atoms with Gasteiger partial charge < -0.3 is 4.90 Å². The zero-order valence-corrected chi connectivity index (χ0v) is 29.7. The third-order valence-corrected chi connectivity index (χ3v) is 12.4. The van der Waals surface area contributed by atoms with Gasteiger partial charge in [-0.1, -0.05) is 164 Å². The van der Waals surface area contributed by atoms with Crippen molar-refractivity contribution in [1.82, 2.24) is 0 Å². The van der Waals surface area contributed by atoms with Crippen LogP contribution in [0.3, 0.4) is 0 Å². The molecule has 0 atom stereocenters. The van der Waals surface area contributed by atoms with Crippen molar-refractivity contribution in [3.63, 3.8) is 0 Å². The van der Waals surface area contributed by atoms with Crippen LogP contribution in [0, 0.1) is 0 Å². The van der Waals surface area contributed by atoms with E-state index in [1.165, 1.54) is 86.5 Å². The van der Waals surface area contributed by atoms with Gasteiger partial charge in [-0.05, 0) is 85.9 Å². The predicted octanol–water partition coefficient (Wildman–Crippen LogP) is 14.2. The zero-order valence-electron chi connectivity index (χ0n) is 28.9. The van der Waals surface area contributed by atoms with Gasteiger partial charge in [-0.2, -0.15) is 0 Å². The number of fused-ring (bicyclic) bond motifs is 9. The van der Waals surface area contributed by atoms with Crippen molar-refractivity contribution in [3.8, 4) is 11.1 Å². The molecule has 1 aliphatic carbocycles. The second kappa shape index (κ2) is 11.8. The van der Waals surface area contributed by atoms with E-state index < -0.39 is 5.41 Å². The molecular formula is C51H33NS. The third kappa shape index (κ3) is 4.37. The summed E-state index contributed by atoms with van der Waals surface area (Å²) >= 11 is 1.87. The number of rotatable bonds is 5. The Hall–Kier alpha value is -6.48. The van der Waals surface area contributed by atoms with Crippen molar-refractivity contribution in [3.05, 3.63) is 222 Å². The summed E-state index contributed by atoms with van der Waals surface area (Å²) in [6.07, 6.45) is 0. The lowest BCUT2D eigenvalue weighted by Gasteiger charge is -2.35. The second-order valence-electron chi connectivity index (χ2n) is 14.0. The Morgan fingerprint density at radius 3 is 1.77 bits per heavy atom. The highest BCUT2D eigenvalue weighted by Crippen LogP contribution is 2.58. The molecule has 1 aliphatic rings. The summed E-state index contributed by atoms with van der Waals surface area (Å²) in [4.78, 5) is 2.54. The molecule has 1 aromatic heterocycles. The van der Waals surface area contributed by atoms with Crippen molar-refractivity contribution < 1.29 is 0 Å². The summed E-state index contributed by atoms with van der Waals surface area (Å²) in [7, 11) is 0. The minimum atomic E-state index is -0.497. The quantitative estimate of drug-likeness (QED) is 0.162. The monoisotopic (exact) mass is 691 g/mol. The van der Waals surface area contributed by atoms with Gasteiger partial charge in [0.1, 0.15) is 0 Å². The Bertz CT molecular complexity index is 2970. The molecule has 0 saturated heterocycles. The first kappa shape index (κ1) is 30.2. The second-order valence-corrected chi connectivity index (χ2v) is 15.1. The molecule has 0 bridgehead atoms. The largest absolute Gasteiger partial charge is 0.309 e. The maximum absolute atomic E-state index is 2.54. The molecule has 0 unspecified atom stereocenters. The van der Waals surface area contributed by atoms with Gasteiger partial charge in [0.05, 0.1) is 16.8 Å². The van der Waals surface area contributed by atoms with E-state index >= 15 is 0 Å². The van der Waals surface area contributed by atoms with Gasteiger partial charge in [-0.15, -0.1) is 11.3 Å². The van der Waals surface area contributed by atoms with Gasteiger partial charge >= 0.3 is 0 Å². The fourth-order valence-electron chi connectivity index (χ4n) is 9.14. The van der Waals surface area contributed by atoms with Crippen LogP contribution in [-0.2, 0) is 5.41 Å². The average molecular weight is 692 g/mol. The topological polar surface area (TPSA) is 3.24 Å². The number of nitrogens with zero attached hydrogens (tertiary/aromatic N) is 1. The minimum Gasteiger partial charge on any atom is -0.309 e. The molecule has 0 radical (unpaired) electrons. The highest BCUT2D eigenvalue weighted by atomic mass is 32.1. The van der Waals surface area contributed by atoms with E-state index in [1.54, 1.807) is 0 Å². The molecule has 0 spiro atoms. The van der Waals surface area contributed by atoms with Gasteiger partial charge in [-0.3, -0.25) is 0 Å². The van der Waals surface area contributed by atoms with E-state index in [9.17, 15) is 0 Å². The van der Waals surface area contributed by atoms with Crippen LogP contribution in [0.15, 0.2) is 200 Å². The van der Waals surface area contributed by atoms with E-state index in [4.69, 9.17) is 0 Å². The summed E-state index contributed by atoms with van der Waals surface area (Å²) in [6, 6.07) is 74.2. The van der Waals surface area contributed by atoms with Crippen LogP contribution in [0.4, 0.5) is 17.1 Å². The Morgan fingerprint density at radius 1 is 0.377 bits per heavy atom. The van der Waals surface area contributed by atoms with E-state index in [2.05, 4.69) is 205 Å². The Morgan fingerprint density at radius 2 is 0.981 bits per heavy atom. The molecule has 53 heavy (non-hydrogen) atoms. The first-order chi connectivity index (χ1) is 26.3. The van der Waals surface area contributed by atoms with Crippen LogP contribution in [0.25, 0.3) is 52.8 Å². The van der Waals surface area contributed by atoms with Crippen molar-refractivity contribution in [2.75, 3.05) is 4.90 Å². The van der Waals surface area contributed by atoms with Crippen LogP contribution in [0.2, 0.25) is 0 Å². The third-order valence-electron chi connectivity index (χ3n) is 11.3. The minimum absolute atomic E-state index is 0.497. The normalized spacial score (nSPS) is 13.1. The van der Waals surface area contributed by atoms with E-state index in [0.29, 0.717) is 0 Å². The maximum Gasteiger partial charge on any atom is 0.0714 e. The Balaban J connectivity index is 1.28. The Labute approximate surface area is 312 Å². The molecule has 10 aromatic rings. The summed E-state index contributed by atoms with van der Waals surface area (Å²) in [5, 5.41) is 7.54. The number of thiophene rings is 1. The molecule has 0 aliphatic heterocycles. The molecule has 0 N–H and O–H groups in total. The maximum atomic E-state index is 2.54. The standard InChI is InChI=1S/C51H33NS/c1-3-17-35(18-4-1)51(36-19-5-2-6-20-36)44-26-13-11-23-40(44)41-31-30-37(33-45(41)51)52(46-27-15-29-49-50(46)43-25-12-14-28-48(43)53-49)47-32-34-16-7-8-21-38(34)39-22-9-10-24-42(39)47/h1-33H. The van der Waals surface area contributed by atoms with Crippen LogP contribution in [0.5, 0.6) is 0 Å². The predicted molar refractivity (Wildman–Crippen MR) is 226 cm³/mol.